The molecule has 3 rings (SSSR count). The van der Waals surface area contributed by atoms with Crippen LogP contribution in [0.1, 0.15) is 26.5 Å². The van der Waals surface area contributed by atoms with Crippen molar-refractivity contribution >= 4 is 21.9 Å². The van der Waals surface area contributed by atoms with Gasteiger partial charge in [-0.3, -0.25) is 4.79 Å². The van der Waals surface area contributed by atoms with Gasteiger partial charge in [-0.1, -0.05) is 20.8 Å². The summed E-state index contributed by atoms with van der Waals surface area (Å²) in [5.41, 5.74) is 0.827. The quantitative estimate of drug-likeness (QED) is 0.820. The maximum atomic E-state index is 12.0. The lowest BCUT2D eigenvalue weighted by molar-refractivity contribution is 0.326. The van der Waals surface area contributed by atoms with Gasteiger partial charge in [-0.05, 0) is 22.0 Å². The number of hydrogen-bond acceptors (Lipinski definition) is 5. The molecule has 2 aromatic heterocycles. The summed E-state index contributed by atoms with van der Waals surface area (Å²) in [6.45, 7) is 8.61. The van der Waals surface area contributed by atoms with Gasteiger partial charge in [0.25, 0.3) is 5.56 Å². The molecule has 0 bridgehead atoms. The van der Waals surface area contributed by atoms with Crippen molar-refractivity contribution < 1.29 is 0 Å². The van der Waals surface area contributed by atoms with Crippen molar-refractivity contribution in [3.05, 3.63) is 45.0 Å². The fourth-order valence-corrected chi connectivity index (χ4v) is 2.75. The fourth-order valence-electron chi connectivity index (χ4n) is 2.54. The fraction of sp³-hybridized carbons (Fsp3) is 0.500. The van der Waals surface area contributed by atoms with Crippen molar-refractivity contribution in [3.63, 3.8) is 0 Å². The summed E-state index contributed by atoms with van der Waals surface area (Å²) in [4.78, 5) is 22.7. The van der Waals surface area contributed by atoms with Crippen molar-refractivity contribution in [1.29, 1.82) is 0 Å². The minimum absolute atomic E-state index is 0.0451. The van der Waals surface area contributed by atoms with Crippen molar-refractivity contribution in [2.24, 2.45) is 5.92 Å². The maximum Gasteiger partial charge on any atom is 0.266 e. The van der Waals surface area contributed by atoms with E-state index >= 15 is 0 Å². The van der Waals surface area contributed by atoms with Crippen LogP contribution in [0.3, 0.4) is 0 Å². The molecular weight excluding hydrogens is 358 g/mol. The Kier molecular flexibility index (Phi) is 4.23. The van der Waals surface area contributed by atoms with Crippen LogP contribution in [0.5, 0.6) is 0 Å². The van der Waals surface area contributed by atoms with Crippen LogP contribution in [0, 0.1) is 5.92 Å². The van der Waals surface area contributed by atoms with Crippen molar-refractivity contribution in [2.75, 3.05) is 18.0 Å². The number of hydrogen-bond donors (Lipinski definition) is 0. The third-order valence-electron chi connectivity index (χ3n) is 3.91. The number of nitrogens with zero attached hydrogens (tertiary/aromatic N) is 5. The molecule has 122 valence electrons. The predicted molar refractivity (Wildman–Crippen MR) is 92.6 cm³/mol. The highest BCUT2D eigenvalue weighted by Gasteiger charge is 2.29. The molecule has 23 heavy (non-hydrogen) atoms. The molecule has 3 heterocycles. The summed E-state index contributed by atoms with van der Waals surface area (Å²) in [6.07, 6.45) is 3.49. The van der Waals surface area contributed by atoms with Crippen molar-refractivity contribution in [3.8, 4) is 0 Å². The van der Waals surface area contributed by atoms with Crippen LogP contribution >= 0.6 is 15.9 Å². The smallest absolute Gasteiger partial charge is 0.266 e. The number of anilines is 1. The Morgan fingerprint density at radius 3 is 2.48 bits per heavy atom. The lowest BCUT2D eigenvalue weighted by atomic mass is 9.92. The van der Waals surface area contributed by atoms with Gasteiger partial charge in [0.1, 0.15) is 0 Å². The van der Waals surface area contributed by atoms with Crippen LogP contribution < -0.4 is 10.5 Å². The van der Waals surface area contributed by atoms with Crippen LogP contribution in [0.2, 0.25) is 0 Å². The zero-order valence-electron chi connectivity index (χ0n) is 13.5. The summed E-state index contributed by atoms with van der Waals surface area (Å²) in [5.74, 6) is 1.12. The molecular formula is C16H20BrN5O. The largest absolute Gasteiger partial charge is 0.340 e. The van der Waals surface area contributed by atoms with Gasteiger partial charge in [-0.25, -0.2) is 14.6 Å². The van der Waals surface area contributed by atoms with Gasteiger partial charge < -0.3 is 4.90 Å². The van der Waals surface area contributed by atoms with E-state index in [0.29, 0.717) is 12.5 Å². The number of halogens is 1. The molecule has 1 aliphatic rings. The molecule has 0 aliphatic carbocycles. The Hall–Kier alpha value is -1.76. The van der Waals surface area contributed by atoms with Crippen LogP contribution in [-0.2, 0) is 12.0 Å². The van der Waals surface area contributed by atoms with Gasteiger partial charge >= 0.3 is 0 Å². The average Bonchev–Trinajstić information content (AvgIpc) is 2.44. The lowest BCUT2D eigenvalue weighted by Gasteiger charge is -2.39. The highest BCUT2D eigenvalue weighted by Crippen LogP contribution is 2.23. The molecule has 0 unspecified atom stereocenters. The summed E-state index contributed by atoms with van der Waals surface area (Å²) in [6, 6.07) is 3.43. The first-order valence-electron chi connectivity index (χ1n) is 7.64. The molecule has 0 N–H and O–H groups in total. The highest BCUT2D eigenvalue weighted by atomic mass is 79.9. The molecule has 0 amide bonds. The Bertz CT molecular complexity index is 744. The molecule has 1 fully saturated rings. The average molecular weight is 378 g/mol. The standard InChI is InChI=1S/C16H20BrN5O/c1-16(2,3)13-4-5-14(23)22(20-13)10-11-8-21(9-11)15-18-6-12(17)7-19-15/h4-7,11H,8-10H2,1-3H3. The molecule has 6 nitrogen and oxygen atoms in total. The predicted octanol–water partition coefficient (Wildman–Crippen LogP) is 2.23. The Labute approximate surface area is 143 Å². The molecule has 0 saturated carbocycles. The van der Waals surface area contributed by atoms with Gasteiger partial charge in [0.2, 0.25) is 5.95 Å². The van der Waals surface area contributed by atoms with E-state index in [1.165, 1.54) is 0 Å². The zero-order valence-corrected chi connectivity index (χ0v) is 15.1. The first-order valence-corrected chi connectivity index (χ1v) is 8.43. The molecule has 0 spiro atoms. The molecule has 0 radical (unpaired) electrons. The Balaban J connectivity index is 1.66. The highest BCUT2D eigenvalue weighted by molar-refractivity contribution is 9.10. The van der Waals surface area contributed by atoms with Crippen LogP contribution in [0.15, 0.2) is 33.8 Å². The van der Waals surface area contributed by atoms with Crippen LogP contribution in [0.25, 0.3) is 0 Å². The molecule has 0 aromatic carbocycles. The van der Waals surface area contributed by atoms with Crippen LogP contribution in [0.4, 0.5) is 5.95 Å². The number of rotatable bonds is 3. The summed E-state index contributed by atoms with van der Waals surface area (Å²) in [5, 5.41) is 4.52. The lowest BCUT2D eigenvalue weighted by Crippen LogP contribution is -2.50. The van der Waals surface area contributed by atoms with Crippen molar-refractivity contribution in [2.45, 2.75) is 32.7 Å². The third-order valence-corrected chi connectivity index (χ3v) is 4.32. The minimum Gasteiger partial charge on any atom is -0.340 e. The molecule has 1 aliphatic heterocycles. The molecule has 1 saturated heterocycles. The van der Waals surface area contributed by atoms with E-state index in [9.17, 15) is 4.79 Å². The second-order valence-electron chi connectivity index (χ2n) is 6.96. The summed E-state index contributed by atoms with van der Waals surface area (Å²) in [7, 11) is 0. The summed E-state index contributed by atoms with van der Waals surface area (Å²) < 4.78 is 2.46. The van der Waals surface area contributed by atoms with Gasteiger partial charge in [0, 0.05) is 42.9 Å². The second-order valence-corrected chi connectivity index (χ2v) is 7.88. The first kappa shape index (κ1) is 16.1. The van der Waals surface area contributed by atoms with Gasteiger partial charge in [-0.15, -0.1) is 0 Å². The first-order chi connectivity index (χ1) is 10.8. The van der Waals surface area contributed by atoms with Crippen molar-refractivity contribution in [1.82, 2.24) is 19.7 Å². The van der Waals surface area contributed by atoms with E-state index in [4.69, 9.17) is 0 Å². The summed E-state index contributed by atoms with van der Waals surface area (Å²) >= 11 is 3.33. The van der Waals surface area contributed by atoms with Crippen LogP contribution in [-0.4, -0.2) is 32.8 Å². The monoisotopic (exact) mass is 377 g/mol. The second kappa shape index (κ2) is 6.03. The van der Waals surface area contributed by atoms with E-state index < -0.39 is 0 Å². The van der Waals surface area contributed by atoms with E-state index in [1.807, 2.05) is 6.07 Å². The topological polar surface area (TPSA) is 63.9 Å². The van der Waals surface area contributed by atoms with Gasteiger partial charge in [-0.2, -0.15) is 5.10 Å². The Morgan fingerprint density at radius 1 is 1.22 bits per heavy atom. The SMILES string of the molecule is CC(C)(C)c1ccc(=O)n(CC2CN(c3ncc(Br)cn3)C2)n1. The zero-order chi connectivity index (χ0) is 16.6. The molecule has 0 atom stereocenters. The van der Waals surface area contributed by atoms with Gasteiger partial charge in [0.15, 0.2) is 0 Å². The number of aromatic nitrogens is 4. The van der Waals surface area contributed by atoms with E-state index in [1.54, 1.807) is 23.1 Å². The van der Waals surface area contributed by atoms with E-state index in [2.05, 4.69) is 56.7 Å². The molecule has 2 aromatic rings. The Morgan fingerprint density at radius 2 is 1.87 bits per heavy atom. The van der Waals surface area contributed by atoms with E-state index in [0.717, 1.165) is 29.2 Å². The minimum atomic E-state index is -0.0631. The van der Waals surface area contributed by atoms with E-state index in [-0.39, 0.29) is 11.0 Å². The maximum absolute atomic E-state index is 12.0. The molecule has 7 heteroatoms. The third kappa shape index (κ3) is 3.60. The normalized spacial score (nSPS) is 15.6. The van der Waals surface area contributed by atoms with Gasteiger partial charge in [0.05, 0.1) is 16.7 Å².